The summed E-state index contributed by atoms with van der Waals surface area (Å²) in [6.07, 6.45) is 2.07. The lowest BCUT2D eigenvalue weighted by Gasteiger charge is -2.32. The van der Waals surface area contributed by atoms with E-state index in [1.807, 2.05) is 23.1 Å². The van der Waals surface area contributed by atoms with E-state index >= 15 is 0 Å². The highest BCUT2D eigenvalue weighted by Crippen LogP contribution is 2.29. The lowest BCUT2D eigenvalue weighted by atomic mass is 9.90. The summed E-state index contributed by atoms with van der Waals surface area (Å²) in [5.74, 6) is -0.501. The van der Waals surface area contributed by atoms with Crippen molar-refractivity contribution in [2.45, 2.75) is 25.7 Å². The van der Waals surface area contributed by atoms with E-state index in [9.17, 15) is 9.59 Å². The smallest absolute Gasteiger partial charge is 0.352 e. The van der Waals surface area contributed by atoms with Crippen molar-refractivity contribution in [2.24, 2.45) is 0 Å². The van der Waals surface area contributed by atoms with Crippen molar-refractivity contribution in [1.82, 2.24) is 9.88 Å². The van der Waals surface area contributed by atoms with Crippen molar-refractivity contribution in [2.75, 3.05) is 13.1 Å². The number of rotatable bonds is 2. The highest BCUT2D eigenvalue weighted by atomic mass is 16.4. The van der Waals surface area contributed by atoms with Crippen LogP contribution >= 0.6 is 0 Å². The molecule has 2 heterocycles. The average molecular weight is 286 g/mol. The molecule has 1 atom stereocenters. The molecule has 1 aliphatic rings. The highest BCUT2D eigenvalue weighted by Gasteiger charge is 2.23. The number of carboxylic acids is 1. The molecule has 1 amide bonds. The van der Waals surface area contributed by atoms with Gasteiger partial charge in [0, 0.05) is 36.8 Å². The normalized spacial score (nSPS) is 18.9. The minimum absolute atomic E-state index is 0.121. The Labute approximate surface area is 122 Å². The molecule has 3 rings (SSSR count). The molecule has 21 heavy (non-hydrogen) atoms. The van der Waals surface area contributed by atoms with E-state index < -0.39 is 5.97 Å². The summed E-state index contributed by atoms with van der Waals surface area (Å²) in [6.45, 7) is 3.19. The van der Waals surface area contributed by atoms with Crippen LogP contribution in [0.5, 0.6) is 0 Å². The number of aromatic nitrogens is 1. The van der Waals surface area contributed by atoms with Crippen LogP contribution in [0.1, 0.15) is 41.7 Å². The highest BCUT2D eigenvalue weighted by molar-refractivity contribution is 5.93. The first-order valence-electron chi connectivity index (χ1n) is 7.16. The number of carbonyl (C=O) groups is 2. The number of nitrogens with zero attached hydrogens (tertiary/aromatic N) is 1. The number of fused-ring (bicyclic) bond motifs is 1. The maximum atomic E-state index is 11.5. The minimum Gasteiger partial charge on any atom is -0.477 e. The number of H-pyrrole nitrogens is 1. The van der Waals surface area contributed by atoms with Gasteiger partial charge in [-0.15, -0.1) is 0 Å². The molecule has 5 heteroatoms. The second-order valence-corrected chi connectivity index (χ2v) is 5.64. The monoisotopic (exact) mass is 286 g/mol. The predicted molar refractivity (Wildman–Crippen MR) is 79.5 cm³/mol. The number of carboxylic acid groups (broad SMARTS) is 1. The van der Waals surface area contributed by atoms with E-state index in [-0.39, 0.29) is 11.6 Å². The number of aromatic carboxylic acids is 1. The van der Waals surface area contributed by atoms with Crippen LogP contribution in [0, 0.1) is 0 Å². The van der Waals surface area contributed by atoms with Gasteiger partial charge in [-0.25, -0.2) is 4.79 Å². The zero-order valence-corrected chi connectivity index (χ0v) is 11.9. The molecule has 2 aromatic rings. The molecular formula is C16H18N2O3. The van der Waals surface area contributed by atoms with E-state index in [0.717, 1.165) is 36.8 Å². The second-order valence-electron chi connectivity index (χ2n) is 5.64. The fraction of sp³-hybridized carbons (Fsp3) is 0.375. The molecule has 0 aliphatic carbocycles. The van der Waals surface area contributed by atoms with Gasteiger partial charge in [0.05, 0.1) is 0 Å². The van der Waals surface area contributed by atoms with Crippen LogP contribution in [0.3, 0.4) is 0 Å². The number of piperidine rings is 1. The van der Waals surface area contributed by atoms with Crippen LogP contribution in [-0.4, -0.2) is 40.0 Å². The van der Waals surface area contributed by atoms with Crippen molar-refractivity contribution in [3.05, 3.63) is 35.5 Å². The van der Waals surface area contributed by atoms with Crippen LogP contribution in [0.15, 0.2) is 24.3 Å². The standard InChI is InChI=1S/C16H18N2O3/c1-10(19)18-6-2-3-12(9-18)11-4-5-14-13(7-11)8-15(17-14)16(20)21/h4-5,7-8,12,17H,2-3,6,9H2,1H3,(H,20,21)/t12-/m1/s1. The number of aromatic amines is 1. The zero-order valence-electron chi connectivity index (χ0n) is 11.9. The Morgan fingerprint density at radius 3 is 2.86 bits per heavy atom. The molecule has 0 unspecified atom stereocenters. The van der Waals surface area contributed by atoms with Gasteiger partial charge in [0.15, 0.2) is 0 Å². The molecular weight excluding hydrogens is 268 g/mol. The maximum Gasteiger partial charge on any atom is 0.352 e. The lowest BCUT2D eigenvalue weighted by molar-refractivity contribution is -0.130. The first kappa shape index (κ1) is 13.7. The molecule has 1 aromatic heterocycles. The molecule has 2 N–H and O–H groups in total. The Morgan fingerprint density at radius 2 is 2.14 bits per heavy atom. The summed E-state index contributed by atoms with van der Waals surface area (Å²) >= 11 is 0. The predicted octanol–water partition coefficient (Wildman–Crippen LogP) is 2.59. The third-order valence-electron chi connectivity index (χ3n) is 4.21. The Kier molecular flexibility index (Phi) is 3.41. The Balaban J connectivity index is 1.89. The molecule has 1 saturated heterocycles. The van der Waals surface area contributed by atoms with E-state index in [4.69, 9.17) is 5.11 Å². The molecule has 1 aliphatic heterocycles. The Bertz CT molecular complexity index is 705. The SMILES string of the molecule is CC(=O)N1CCC[C@@H](c2ccc3[nH]c(C(=O)O)cc3c2)C1. The lowest BCUT2D eigenvalue weighted by Crippen LogP contribution is -2.37. The van der Waals surface area contributed by atoms with Gasteiger partial charge < -0.3 is 15.0 Å². The van der Waals surface area contributed by atoms with Gasteiger partial charge in [-0.3, -0.25) is 4.79 Å². The minimum atomic E-state index is -0.951. The number of amides is 1. The molecule has 0 saturated carbocycles. The number of nitrogens with one attached hydrogen (secondary N) is 1. The van der Waals surface area contributed by atoms with E-state index in [2.05, 4.69) is 4.98 Å². The molecule has 5 nitrogen and oxygen atoms in total. The van der Waals surface area contributed by atoms with E-state index in [1.165, 1.54) is 5.56 Å². The number of likely N-dealkylation sites (tertiary alicyclic amines) is 1. The van der Waals surface area contributed by atoms with Crippen LogP contribution in [-0.2, 0) is 4.79 Å². The van der Waals surface area contributed by atoms with Gasteiger partial charge in [-0.1, -0.05) is 6.07 Å². The summed E-state index contributed by atoms with van der Waals surface area (Å²) in [7, 11) is 0. The summed E-state index contributed by atoms with van der Waals surface area (Å²) in [4.78, 5) is 27.3. The van der Waals surface area contributed by atoms with Crippen molar-refractivity contribution in [3.63, 3.8) is 0 Å². The molecule has 0 bridgehead atoms. The largest absolute Gasteiger partial charge is 0.477 e. The molecule has 0 radical (unpaired) electrons. The number of carbonyl (C=O) groups excluding carboxylic acids is 1. The number of hydrogen-bond acceptors (Lipinski definition) is 2. The summed E-state index contributed by atoms with van der Waals surface area (Å²) in [5, 5.41) is 9.93. The van der Waals surface area contributed by atoms with Gasteiger partial charge in [-0.2, -0.15) is 0 Å². The fourth-order valence-electron chi connectivity index (χ4n) is 3.06. The number of benzene rings is 1. The van der Waals surface area contributed by atoms with E-state index in [1.54, 1.807) is 13.0 Å². The van der Waals surface area contributed by atoms with Gasteiger partial charge in [0.1, 0.15) is 5.69 Å². The number of hydrogen-bond donors (Lipinski definition) is 2. The first-order chi connectivity index (χ1) is 10.0. The third-order valence-corrected chi connectivity index (χ3v) is 4.21. The summed E-state index contributed by atoms with van der Waals surface area (Å²) in [6, 6.07) is 7.64. The van der Waals surface area contributed by atoms with Crippen molar-refractivity contribution in [1.29, 1.82) is 0 Å². The van der Waals surface area contributed by atoms with Crippen LogP contribution in [0.4, 0.5) is 0 Å². The molecule has 0 spiro atoms. The van der Waals surface area contributed by atoms with Gasteiger partial charge >= 0.3 is 5.97 Å². The Morgan fingerprint density at radius 1 is 1.33 bits per heavy atom. The van der Waals surface area contributed by atoms with Gasteiger partial charge in [-0.05, 0) is 36.6 Å². The first-order valence-corrected chi connectivity index (χ1v) is 7.16. The summed E-state index contributed by atoms with van der Waals surface area (Å²) < 4.78 is 0. The average Bonchev–Trinajstić information content (AvgIpc) is 2.90. The fourth-order valence-corrected chi connectivity index (χ4v) is 3.06. The van der Waals surface area contributed by atoms with Crippen LogP contribution < -0.4 is 0 Å². The molecule has 1 aromatic carbocycles. The van der Waals surface area contributed by atoms with E-state index in [0.29, 0.717) is 5.92 Å². The topological polar surface area (TPSA) is 73.4 Å². The summed E-state index contributed by atoms with van der Waals surface area (Å²) in [5.41, 5.74) is 2.20. The van der Waals surface area contributed by atoms with Crippen molar-refractivity contribution < 1.29 is 14.7 Å². The zero-order chi connectivity index (χ0) is 15.0. The van der Waals surface area contributed by atoms with Crippen molar-refractivity contribution in [3.8, 4) is 0 Å². The van der Waals surface area contributed by atoms with Crippen LogP contribution in [0.25, 0.3) is 10.9 Å². The molecule has 110 valence electrons. The van der Waals surface area contributed by atoms with Crippen molar-refractivity contribution >= 4 is 22.8 Å². The Hall–Kier alpha value is -2.30. The third kappa shape index (κ3) is 2.63. The van der Waals surface area contributed by atoms with Crippen LogP contribution in [0.2, 0.25) is 0 Å². The van der Waals surface area contributed by atoms with Gasteiger partial charge in [0.2, 0.25) is 5.91 Å². The maximum absolute atomic E-state index is 11.5. The second kappa shape index (κ2) is 5.24. The molecule has 1 fully saturated rings. The quantitative estimate of drug-likeness (QED) is 0.891. The van der Waals surface area contributed by atoms with Gasteiger partial charge in [0.25, 0.3) is 0 Å².